The molecule has 1 aliphatic rings. The van der Waals surface area contributed by atoms with Crippen LogP contribution in [0, 0.1) is 11.3 Å². The van der Waals surface area contributed by atoms with Crippen LogP contribution in [0.1, 0.15) is 22.7 Å². The summed E-state index contributed by atoms with van der Waals surface area (Å²) in [5, 5.41) is 12.1. The van der Waals surface area contributed by atoms with E-state index < -0.39 is 0 Å². The summed E-state index contributed by atoms with van der Waals surface area (Å²) in [6, 6.07) is 10.4. The van der Waals surface area contributed by atoms with E-state index in [1.54, 1.807) is 24.4 Å². The van der Waals surface area contributed by atoms with Gasteiger partial charge in [-0.15, -0.1) is 0 Å². The van der Waals surface area contributed by atoms with E-state index in [0.29, 0.717) is 28.6 Å². The molecule has 0 saturated carbocycles. The van der Waals surface area contributed by atoms with Crippen molar-refractivity contribution in [3.05, 3.63) is 58.2 Å². The van der Waals surface area contributed by atoms with Gasteiger partial charge in [-0.25, -0.2) is 4.98 Å². The van der Waals surface area contributed by atoms with Gasteiger partial charge in [-0.2, -0.15) is 5.26 Å². The second-order valence-electron chi connectivity index (χ2n) is 4.92. The first-order valence-electron chi connectivity index (χ1n) is 6.73. The number of carbonyl (C=O) groups is 1. The van der Waals surface area contributed by atoms with E-state index in [1.807, 2.05) is 18.2 Å². The number of fused-ring (bicyclic) bond motifs is 1. The largest absolute Gasteiger partial charge is 0.475 e. The first-order chi connectivity index (χ1) is 10.7. The number of benzene rings is 1. The van der Waals surface area contributed by atoms with Gasteiger partial charge in [-0.1, -0.05) is 17.7 Å². The number of pyridine rings is 1. The lowest BCUT2D eigenvalue weighted by atomic mass is 10.1. The molecule has 1 aromatic heterocycles. The van der Waals surface area contributed by atoms with Gasteiger partial charge >= 0.3 is 0 Å². The second kappa shape index (κ2) is 6.04. The Kier molecular flexibility index (Phi) is 3.94. The van der Waals surface area contributed by atoms with E-state index >= 15 is 0 Å². The fraction of sp³-hybridized carbons (Fsp3) is 0.188. The standard InChI is InChI=1S/C16H12ClN3O2/c17-13-6-10(8-18)3-4-11(13)7-15(21)20-14-9-22-16-12(14)2-1-5-19-16/h1-6,14H,7,9H2,(H,20,21). The normalized spacial score (nSPS) is 15.5. The number of ether oxygens (including phenoxy) is 1. The summed E-state index contributed by atoms with van der Waals surface area (Å²) in [5.74, 6) is 0.404. The molecular formula is C16H12ClN3O2. The van der Waals surface area contributed by atoms with Gasteiger partial charge in [-0.05, 0) is 29.8 Å². The topological polar surface area (TPSA) is 75.0 Å². The fourth-order valence-corrected chi connectivity index (χ4v) is 2.59. The summed E-state index contributed by atoms with van der Waals surface area (Å²) < 4.78 is 5.43. The minimum atomic E-state index is -0.201. The number of hydrogen-bond donors (Lipinski definition) is 1. The maximum Gasteiger partial charge on any atom is 0.225 e. The van der Waals surface area contributed by atoms with Gasteiger partial charge in [0.05, 0.1) is 24.1 Å². The van der Waals surface area contributed by atoms with E-state index in [-0.39, 0.29) is 18.4 Å². The zero-order chi connectivity index (χ0) is 15.5. The molecule has 1 N–H and O–H groups in total. The van der Waals surface area contributed by atoms with Gasteiger partial charge in [0.2, 0.25) is 11.8 Å². The number of aromatic nitrogens is 1. The highest BCUT2D eigenvalue weighted by molar-refractivity contribution is 6.31. The van der Waals surface area contributed by atoms with Crippen molar-refractivity contribution < 1.29 is 9.53 Å². The van der Waals surface area contributed by atoms with Crippen LogP contribution in [0.15, 0.2) is 36.5 Å². The highest BCUT2D eigenvalue weighted by Gasteiger charge is 2.26. The molecule has 1 atom stereocenters. The van der Waals surface area contributed by atoms with Gasteiger partial charge in [0.15, 0.2) is 0 Å². The van der Waals surface area contributed by atoms with Crippen molar-refractivity contribution in [2.45, 2.75) is 12.5 Å². The van der Waals surface area contributed by atoms with E-state index in [4.69, 9.17) is 21.6 Å². The third kappa shape index (κ3) is 2.87. The Balaban J connectivity index is 1.68. The summed E-state index contributed by atoms with van der Waals surface area (Å²) in [4.78, 5) is 16.3. The number of amides is 1. The number of nitrogens with zero attached hydrogens (tertiary/aromatic N) is 2. The molecule has 2 aromatic rings. The summed E-state index contributed by atoms with van der Waals surface area (Å²) in [6.45, 7) is 0.374. The van der Waals surface area contributed by atoms with Crippen LogP contribution in [0.5, 0.6) is 5.88 Å². The van der Waals surface area contributed by atoms with Crippen LogP contribution in [-0.2, 0) is 11.2 Å². The summed E-state index contributed by atoms with van der Waals surface area (Å²) >= 11 is 6.08. The number of nitrogens with one attached hydrogen (secondary N) is 1. The fourth-order valence-electron chi connectivity index (χ4n) is 2.34. The zero-order valence-corrected chi connectivity index (χ0v) is 12.3. The van der Waals surface area contributed by atoms with Crippen LogP contribution < -0.4 is 10.1 Å². The lowest BCUT2D eigenvalue weighted by Gasteiger charge is -2.12. The van der Waals surface area contributed by atoms with Gasteiger partial charge in [0.25, 0.3) is 0 Å². The van der Waals surface area contributed by atoms with E-state index in [0.717, 1.165) is 5.56 Å². The zero-order valence-electron chi connectivity index (χ0n) is 11.5. The molecule has 1 aromatic carbocycles. The van der Waals surface area contributed by atoms with E-state index in [2.05, 4.69) is 10.3 Å². The van der Waals surface area contributed by atoms with Gasteiger partial charge in [0.1, 0.15) is 6.61 Å². The molecule has 0 bridgehead atoms. The van der Waals surface area contributed by atoms with Crippen molar-refractivity contribution in [1.82, 2.24) is 10.3 Å². The predicted molar refractivity (Wildman–Crippen MR) is 80.5 cm³/mol. The summed E-state index contributed by atoms with van der Waals surface area (Å²) in [7, 11) is 0. The van der Waals surface area contributed by atoms with E-state index in [9.17, 15) is 4.79 Å². The van der Waals surface area contributed by atoms with Crippen molar-refractivity contribution in [2.24, 2.45) is 0 Å². The molecule has 0 spiro atoms. The Morgan fingerprint density at radius 3 is 3.14 bits per heavy atom. The van der Waals surface area contributed by atoms with Crippen molar-refractivity contribution in [1.29, 1.82) is 5.26 Å². The molecule has 0 aliphatic carbocycles. The molecular weight excluding hydrogens is 302 g/mol. The first-order valence-corrected chi connectivity index (χ1v) is 7.11. The number of carbonyl (C=O) groups excluding carboxylic acids is 1. The molecule has 22 heavy (non-hydrogen) atoms. The Morgan fingerprint density at radius 1 is 1.50 bits per heavy atom. The van der Waals surface area contributed by atoms with Crippen LogP contribution in [-0.4, -0.2) is 17.5 Å². The Labute approximate surface area is 132 Å². The number of halogens is 1. The smallest absolute Gasteiger partial charge is 0.225 e. The van der Waals surface area contributed by atoms with Crippen molar-refractivity contribution in [3.63, 3.8) is 0 Å². The van der Waals surface area contributed by atoms with Crippen molar-refractivity contribution in [2.75, 3.05) is 6.61 Å². The van der Waals surface area contributed by atoms with Gasteiger partial charge < -0.3 is 10.1 Å². The summed E-state index contributed by atoms with van der Waals surface area (Å²) in [6.07, 6.45) is 1.80. The minimum Gasteiger partial charge on any atom is -0.475 e. The third-order valence-electron chi connectivity index (χ3n) is 3.43. The van der Waals surface area contributed by atoms with Crippen molar-refractivity contribution >= 4 is 17.5 Å². The molecule has 0 radical (unpaired) electrons. The maximum atomic E-state index is 12.2. The predicted octanol–water partition coefficient (Wildman–Crippen LogP) is 2.40. The molecule has 1 aliphatic heterocycles. The first kappa shape index (κ1) is 14.4. The summed E-state index contributed by atoms with van der Waals surface area (Å²) in [5.41, 5.74) is 2.03. The number of hydrogen-bond acceptors (Lipinski definition) is 4. The molecule has 0 fully saturated rings. The lowest BCUT2D eigenvalue weighted by Crippen LogP contribution is -2.30. The van der Waals surface area contributed by atoms with E-state index in [1.165, 1.54) is 0 Å². The highest BCUT2D eigenvalue weighted by Crippen LogP contribution is 2.29. The average molecular weight is 314 g/mol. The number of rotatable bonds is 3. The Bertz CT molecular complexity index is 770. The molecule has 0 saturated heterocycles. The average Bonchev–Trinajstić information content (AvgIpc) is 2.92. The molecule has 6 heteroatoms. The van der Waals surface area contributed by atoms with Crippen LogP contribution in [0.4, 0.5) is 0 Å². The van der Waals surface area contributed by atoms with Gasteiger partial charge in [-0.3, -0.25) is 4.79 Å². The highest BCUT2D eigenvalue weighted by atomic mass is 35.5. The molecule has 110 valence electrons. The second-order valence-corrected chi connectivity index (χ2v) is 5.33. The minimum absolute atomic E-state index is 0.149. The van der Waals surface area contributed by atoms with Crippen LogP contribution in [0.2, 0.25) is 5.02 Å². The number of nitriles is 1. The van der Waals surface area contributed by atoms with Crippen molar-refractivity contribution in [3.8, 4) is 11.9 Å². The Hall–Kier alpha value is -2.58. The van der Waals surface area contributed by atoms with Gasteiger partial charge in [0, 0.05) is 16.8 Å². The monoisotopic (exact) mass is 313 g/mol. The molecule has 2 heterocycles. The van der Waals surface area contributed by atoms with Crippen LogP contribution in [0.3, 0.4) is 0 Å². The SMILES string of the molecule is N#Cc1ccc(CC(=O)NC2COc3ncccc32)c(Cl)c1. The Morgan fingerprint density at radius 2 is 2.36 bits per heavy atom. The maximum absolute atomic E-state index is 12.2. The van der Waals surface area contributed by atoms with Crippen LogP contribution >= 0.6 is 11.6 Å². The molecule has 5 nitrogen and oxygen atoms in total. The molecule has 3 rings (SSSR count). The molecule has 1 amide bonds. The third-order valence-corrected chi connectivity index (χ3v) is 3.78. The molecule has 1 unspecified atom stereocenters. The quantitative estimate of drug-likeness (QED) is 0.944. The van der Waals surface area contributed by atoms with Crippen LogP contribution in [0.25, 0.3) is 0 Å². The lowest BCUT2D eigenvalue weighted by molar-refractivity contribution is -0.121.